The summed E-state index contributed by atoms with van der Waals surface area (Å²) >= 11 is 0. The fourth-order valence-electron chi connectivity index (χ4n) is 3.00. The van der Waals surface area contributed by atoms with Crippen molar-refractivity contribution in [2.45, 2.75) is 26.3 Å². The van der Waals surface area contributed by atoms with Gasteiger partial charge in [0.2, 0.25) is 0 Å². The van der Waals surface area contributed by atoms with Gasteiger partial charge in [-0.05, 0) is 39.0 Å². The van der Waals surface area contributed by atoms with Gasteiger partial charge >= 0.3 is 0 Å². The second-order valence-electron chi connectivity index (χ2n) is 7.45. The van der Waals surface area contributed by atoms with Gasteiger partial charge in [0, 0.05) is 43.6 Å². The molecule has 5 nitrogen and oxygen atoms in total. The number of hydrogen-bond acceptors (Lipinski definition) is 4. The third kappa shape index (κ3) is 4.50. The molecule has 1 amide bonds. The molecular formula is C20H26N4O. The van der Waals surface area contributed by atoms with E-state index in [0.717, 1.165) is 31.9 Å². The van der Waals surface area contributed by atoms with E-state index < -0.39 is 0 Å². The number of anilines is 2. The Morgan fingerprint density at radius 2 is 1.56 bits per heavy atom. The van der Waals surface area contributed by atoms with Crippen LogP contribution in [0.1, 0.15) is 31.1 Å². The summed E-state index contributed by atoms with van der Waals surface area (Å²) in [6.07, 6.45) is 3.47. The lowest BCUT2D eigenvalue weighted by molar-refractivity contribution is 0.0919. The fourth-order valence-corrected chi connectivity index (χ4v) is 3.00. The molecule has 1 aromatic heterocycles. The van der Waals surface area contributed by atoms with Crippen molar-refractivity contribution in [1.29, 1.82) is 0 Å². The molecule has 3 rings (SSSR count). The lowest BCUT2D eigenvalue weighted by Gasteiger charge is -2.37. The maximum Gasteiger partial charge on any atom is 0.253 e. The fraction of sp³-hybridized carbons (Fsp3) is 0.400. The van der Waals surface area contributed by atoms with Crippen LogP contribution in [-0.2, 0) is 0 Å². The van der Waals surface area contributed by atoms with Crippen molar-refractivity contribution in [2.75, 3.05) is 36.0 Å². The van der Waals surface area contributed by atoms with Crippen molar-refractivity contribution in [2.24, 2.45) is 0 Å². The zero-order valence-electron chi connectivity index (χ0n) is 15.2. The summed E-state index contributed by atoms with van der Waals surface area (Å²) in [5.41, 5.74) is 2.62. The molecular weight excluding hydrogens is 312 g/mol. The Morgan fingerprint density at radius 3 is 2.16 bits per heavy atom. The van der Waals surface area contributed by atoms with Gasteiger partial charge in [0.1, 0.15) is 0 Å². The number of pyridine rings is 1. The molecule has 132 valence electrons. The van der Waals surface area contributed by atoms with Gasteiger partial charge in [-0.25, -0.2) is 0 Å². The average Bonchev–Trinajstić information content (AvgIpc) is 2.61. The second kappa shape index (κ2) is 7.13. The Kier molecular flexibility index (Phi) is 4.93. The lowest BCUT2D eigenvalue weighted by Crippen LogP contribution is -2.46. The van der Waals surface area contributed by atoms with Gasteiger partial charge in [0.05, 0.1) is 17.4 Å². The number of rotatable bonds is 3. The van der Waals surface area contributed by atoms with E-state index in [1.54, 1.807) is 6.20 Å². The molecule has 0 saturated carbocycles. The molecule has 0 unspecified atom stereocenters. The molecule has 1 aliphatic heterocycles. The number of amides is 1. The Bertz CT molecular complexity index is 716. The van der Waals surface area contributed by atoms with Crippen LogP contribution in [0.2, 0.25) is 0 Å². The second-order valence-corrected chi connectivity index (χ2v) is 7.45. The molecule has 0 aliphatic carbocycles. The number of aromatic nitrogens is 1. The van der Waals surface area contributed by atoms with Crippen LogP contribution in [0, 0.1) is 0 Å². The topological polar surface area (TPSA) is 48.5 Å². The summed E-state index contributed by atoms with van der Waals surface area (Å²) in [5, 5.41) is 2.99. The van der Waals surface area contributed by atoms with E-state index in [-0.39, 0.29) is 11.4 Å². The zero-order valence-corrected chi connectivity index (χ0v) is 15.2. The maximum absolute atomic E-state index is 12.4. The Labute approximate surface area is 149 Å². The van der Waals surface area contributed by atoms with Crippen molar-refractivity contribution in [1.82, 2.24) is 10.3 Å². The van der Waals surface area contributed by atoms with Crippen molar-refractivity contribution in [3.63, 3.8) is 0 Å². The minimum Gasteiger partial charge on any atom is -0.368 e. The van der Waals surface area contributed by atoms with E-state index in [0.29, 0.717) is 5.56 Å². The van der Waals surface area contributed by atoms with Gasteiger partial charge in [0.25, 0.3) is 5.91 Å². The highest BCUT2D eigenvalue weighted by atomic mass is 16.1. The van der Waals surface area contributed by atoms with Crippen molar-refractivity contribution in [3.8, 4) is 0 Å². The number of benzene rings is 1. The number of nitrogens with one attached hydrogen (secondary N) is 1. The summed E-state index contributed by atoms with van der Waals surface area (Å²) in [4.78, 5) is 21.3. The SMILES string of the molecule is CC(C)(C)NC(=O)c1cncc(N2CCN(c3ccccc3)CC2)c1. The van der Waals surface area contributed by atoms with Gasteiger partial charge in [-0.1, -0.05) is 18.2 Å². The smallest absolute Gasteiger partial charge is 0.253 e. The highest BCUT2D eigenvalue weighted by Gasteiger charge is 2.20. The molecule has 0 atom stereocenters. The van der Waals surface area contributed by atoms with Crippen LogP contribution in [0.15, 0.2) is 48.8 Å². The molecule has 1 saturated heterocycles. The largest absolute Gasteiger partial charge is 0.368 e. The minimum absolute atomic E-state index is 0.0789. The van der Waals surface area contributed by atoms with Crippen LogP contribution in [0.25, 0.3) is 0 Å². The van der Waals surface area contributed by atoms with Crippen molar-refractivity contribution >= 4 is 17.3 Å². The predicted molar refractivity (Wildman–Crippen MR) is 102 cm³/mol. The summed E-state index contributed by atoms with van der Waals surface area (Å²) in [7, 11) is 0. The molecule has 2 heterocycles. The third-order valence-electron chi connectivity index (χ3n) is 4.24. The Balaban J connectivity index is 1.66. The first-order valence-corrected chi connectivity index (χ1v) is 8.75. The van der Waals surface area contributed by atoms with Gasteiger partial charge < -0.3 is 15.1 Å². The Morgan fingerprint density at radius 1 is 0.960 bits per heavy atom. The lowest BCUT2D eigenvalue weighted by atomic mass is 10.1. The highest BCUT2D eigenvalue weighted by Crippen LogP contribution is 2.20. The first-order valence-electron chi connectivity index (χ1n) is 8.75. The average molecular weight is 338 g/mol. The van der Waals surface area contributed by atoms with E-state index in [1.807, 2.05) is 39.1 Å². The maximum atomic E-state index is 12.4. The normalized spacial score (nSPS) is 15.2. The van der Waals surface area contributed by atoms with E-state index in [4.69, 9.17) is 0 Å². The minimum atomic E-state index is -0.256. The first kappa shape index (κ1) is 17.3. The van der Waals surface area contributed by atoms with Gasteiger partial charge in [-0.15, -0.1) is 0 Å². The van der Waals surface area contributed by atoms with Crippen LogP contribution in [0.4, 0.5) is 11.4 Å². The molecule has 0 bridgehead atoms. The van der Waals surface area contributed by atoms with Crippen LogP contribution in [-0.4, -0.2) is 42.6 Å². The number of carbonyl (C=O) groups is 1. The summed E-state index contributed by atoms with van der Waals surface area (Å²) in [6, 6.07) is 12.4. The van der Waals surface area contributed by atoms with Crippen LogP contribution >= 0.6 is 0 Å². The first-order chi connectivity index (χ1) is 11.9. The molecule has 0 spiro atoms. The van der Waals surface area contributed by atoms with E-state index >= 15 is 0 Å². The van der Waals surface area contributed by atoms with Gasteiger partial charge in [0.15, 0.2) is 0 Å². The molecule has 1 aromatic carbocycles. The van der Waals surface area contributed by atoms with E-state index in [9.17, 15) is 4.79 Å². The van der Waals surface area contributed by atoms with Crippen LogP contribution < -0.4 is 15.1 Å². The van der Waals surface area contributed by atoms with Crippen LogP contribution in [0.3, 0.4) is 0 Å². The summed E-state index contributed by atoms with van der Waals surface area (Å²) < 4.78 is 0. The molecule has 2 aromatic rings. The highest BCUT2D eigenvalue weighted by molar-refractivity contribution is 5.95. The molecule has 0 radical (unpaired) electrons. The molecule has 25 heavy (non-hydrogen) atoms. The third-order valence-corrected chi connectivity index (χ3v) is 4.24. The Hall–Kier alpha value is -2.56. The number of para-hydroxylation sites is 1. The summed E-state index contributed by atoms with van der Waals surface area (Å²) in [6.45, 7) is 9.69. The standard InChI is InChI=1S/C20H26N4O/c1-20(2,3)22-19(25)16-13-18(15-21-14-16)24-11-9-23(10-12-24)17-7-5-4-6-8-17/h4-8,13-15H,9-12H2,1-3H3,(H,22,25). The number of nitrogens with zero attached hydrogens (tertiary/aromatic N) is 3. The van der Waals surface area contributed by atoms with Crippen molar-refractivity contribution < 1.29 is 4.79 Å². The van der Waals surface area contributed by atoms with E-state index in [1.165, 1.54) is 5.69 Å². The number of carbonyl (C=O) groups excluding carboxylic acids is 1. The number of piperazine rings is 1. The number of hydrogen-bond donors (Lipinski definition) is 1. The van der Waals surface area contributed by atoms with Crippen LogP contribution in [0.5, 0.6) is 0 Å². The van der Waals surface area contributed by atoms with E-state index in [2.05, 4.69) is 44.4 Å². The van der Waals surface area contributed by atoms with Crippen molar-refractivity contribution in [3.05, 3.63) is 54.4 Å². The zero-order chi connectivity index (χ0) is 17.9. The monoisotopic (exact) mass is 338 g/mol. The van der Waals surface area contributed by atoms with Gasteiger partial charge in [-0.2, -0.15) is 0 Å². The quantitative estimate of drug-likeness (QED) is 0.935. The molecule has 1 aliphatic rings. The summed E-state index contributed by atoms with van der Waals surface area (Å²) in [5.74, 6) is -0.0789. The predicted octanol–water partition coefficient (Wildman–Crippen LogP) is 2.94. The van der Waals surface area contributed by atoms with Gasteiger partial charge in [-0.3, -0.25) is 9.78 Å². The molecule has 5 heteroatoms. The molecule has 1 N–H and O–H groups in total. The molecule has 1 fully saturated rings.